The molecule has 5 heteroatoms. The monoisotopic (exact) mass is 268 g/mol. The van der Waals surface area contributed by atoms with Crippen molar-refractivity contribution >= 4 is 5.91 Å². The van der Waals surface area contributed by atoms with Gasteiger partial charge in [0, 0.05) is 33.2 Å². The Bertz CT molecular complexity index is 343. The van der Waals surface area contributed by atoms with E-state index in [1.165, 1.54) is 0 Å². The van der Waals surface area contributed by atoms with Crippen molar-refractivity contribution in [2.24, 2.45) is 11.3 Å². The number of carbonyl (C=O) groups excluding carboxylic acids is 1. The first kappa shape index (κ1) is 13.3. The van der Waals surface area contributed by atoms with E-state index in [1.54, 1.807) is 14.2 Å². The largest absolute Gasteiger partial charge is 0.377 e. The van der Waals surface area contributed by atoms with E-state index < -0.39 is 0 Å². The van der Waals surface area contributed by atoms with Gasteiger partial charge in [0.2, 0.25) is 5.91 Å². The SMILES string of the molecule is COC1CN(C(=O)C2CC23CCNCC3)CC1OC. The molecule has 2 heterocycles. The lowest BCUT2D eigenvalue weighted by Gasteiger charge is -2.25. The lowest BCUT2D eigenvalue weighted by atomic mass is 9.91. The molecular formula is C14H24N2O3. The molecule has 0 bridgehead atoms. The minimum atomic E-state index is 0.0247. The summed E-state index contributed by atoms with van der Waals surface area (Å²) in [6, 6.07) is 0. The van der Waals surface area contributed by atoms with Gasteiger partial charge in [-0.05, 0) is 37.8 Å². The van der Waals surface area contributed by atoms with Gasteiger partial charge in [-0.3, -0.25) is 4.79 Å². The van der Waals surface area contributed by atoms with E-state index in [2.05, 4.69) is 5.32 Å². The third-order valence-electron chi connectivity index (χ3n) is 5.22. The van der Waals surface area contributed by atoms with Gasteiger partial charge in [-0.25, -0.2) is 0 Å². The summed E-state index contributed by atoms with van der Waals surface area (Å²) in [7, 11) is 3.38. The van der Waals surface area contributed by atoms with E-state index in [9.17, 15) is 4.79 Å². The molecule has 1 amide bonds. The van der Waals surface area contributed by atoms with Crippen molar-refractivity contribution in [3.05, 3.63) is 0 Å². The van der Waals surface area contributed by atoms with E-state index in [4.69, 9.17) is 9.47 Å². The zero-order valence-electron chi connectivity index (χ0n) is 11.9. The summed E-state index contributed by atoms with van der Waals surface area (Å²) in [6.07, 6.45) is 3.43. The number of ether oxygens (including phenoxy) is 2. The number of nitrogens with one attached hydrogen (secondary N) is 1. The summed E-state index contributed by atoms with van der Waals surface area (Å²) in [6.45, 7) is 3.48. The van der Waals surface area contributed by atoms with Gasteiger partial charge in [-0.15, -0.1) is 0 Å². The number of rotatable bonds is 3. The van der Waals surface area contributed by atoms with Crippen LogP contribution in [0.15, 0.2) is 0 Å². The molecule has 3 unspecified atom stereocenters. The van der Waals surface area contributed by atoms with Crippen molar-refractivity contribution in [1.82, 2.24) is 10.2 Å². The maximum Gasteiger partial charge on any atom is 0.226 e. The molecule has 1 spiro atoms. The van der Waals surface area contributed by atoms with Crippen molar-refractivity contribution in [3.63, 3.8) is 0 Å². The van der Waals surface area contributed by atoms with E-state index in [0.717, 1.165) is 32.4 Å². The molecule has 3 aliphatic rings. The Kier molecular flexibility index (Phi) is 3.53. The van der Waals surface area contributed by atoms with Crippen LogP contribution in [0.2, 0.25) is 0 Å². The van der Waals surface area contributed by atoms with Gasteiger partial charge >= 0.3 is 0 Å². The van der Waals surface area contributed by atoms with Crippen molar-refractivity contribution in [1.29, 1.82) is 0 Å². The fraction of sp³-hybridized carbons (Fsp3) is 0.929. The van der Waals surface area contributed by atoms with Crippen LogP contribution in [0.1, 0.15) is 19.3 Å². The second kappa shape index (κ2) is 5.04. The van der Waals surface area contributed by atoms with Gasteiger partial charge in [0.15, 0.2) is 0 Å². The molecule has 3 rings (SSSR count). The number of amides is 1. The van der Waals surface area contributed by atoms with Crippen molar-refractivity contribution < 1.29 is 14.3 Å². The number of methoxy groups -OCH3 is 2. The number of hydrogen-bond donors (Lipinski definition) is 1. The number of carbonyl (C=O) groups is 1. The fourth-order valence-corrected chi connectivity index (χ4v) is 3.77. The van der Waals surface area contributed by atoms with Gasteiger partial charge in [0.25, 0.3) is 0 Å². The Morgan fingerprint density at radius 2 is 1.74 bits per heavy atom. The summed E-state index contributed by atoms with van der Waals surface area (Å²) >= 11 is 0. The highest BCUT2D eigenvalue weighted by molar-refractivity contribution is 5.83. The molecule has 1 N–H and O–H groups in total. The van der Waals surface area contributed by atoms with Crippen LogP contribution >= 0.6 is 0 Å². The standard InChI is InChI=1S/C14H24N2O3/c1-18-11-8-16(9-12(11)19-2)13(17)10-7-14(10)3-5-15-6-4-14/h10-12,15H,3-9H2,1-2H3. The summed E-state index contributed by atoms with van der Waals surface area (Å²) in [4.78, 5) is 14.5. The van der Waals surface area contributed by atoms with Crippen LogP contribution in [0.4, 0.5) is 0 Å². The molecule has 1 aliphatic carbocycles. The van der Waals surface area contributed by atoms with Gasteiger partial charge in [-0.1, -0.05) is 0 Å². The van der Waals surface area contributed by atoms with Crippen LogP contribution < -0.4 is 5.32 Å². The third-order valence-corrected chi connectivity index (χ3v) is 5.22. The minimum absolute atomic E-state index is 0.0247. The molecule has 108 valence electrons. The highest BCUT2D eigenvalue weighted by atomic mass is 16.5. The Balaban J connectivity index is 1.60. The maximum absolute atomic E-state index is 12.6. The number of likely N-dealkylation sites (tertiary alicyclic amines) is 1. The molecule has 0 aromatic carbocycles. The number of nitrogens with zero attached hydrogens (tertiary/aromatic N) is 1. The first-order chi connectivity index (χ1) is 9.20. The average molecular weight is 268 g/mol. The Labute approximate surface area is 114 Å². The lowest BCUT2D eigenvalue weighted by molar-refractivity contribution is -0.133. The van der Waals surface area contributed by atoms with Crippen LogP contribution in [-0.4, -0.2) is 63.4 Å². The van der Waals surface area contributed by atoms with E-state index in [0.29, 0.717) is 24.4 Å². The summed E-state index contributed by atoms with van der Waals surface area (Å²) < 4.78 is 10.8. The predicted octanol–water partition coefficient (Wildman–Crippen LogP) is 0.248. The molecule has 1 saturated carbocycles. The maximum atomic E-state index is 12.6. The van der Waals surface area contributed by atoms with E-state index in [1.807, 2.05) is 4.90 Å². The fourth-order valence-electron chi connectivity index (χ4n) is 3.77. The molecule has 3 fully saturated rings. The second-order valence-electron chi connectivity index (χ2n) is 6.16. The summed E-state index contributed by atoms with van der Waals surface area (Å²) in [5.74, 6) is 0.575. The zero-order chi connectivity index (χ0) is 13.5. The summed E-state index contributed by atoms with van der Waals surface area (Å²) in [5, 5.41) is 3.38. The Hall–Kier alpha value is -0.650. The first-order valence-corrected chi connectivity index (χ1v) is 7.25. The quantitative estimate of drug-likeness (QED) is 0.797. The average Bonchev–Trinajstić information content (AvgIpc) is 2.97. The van der Waals surface area contributed by atoms with Gasteiger partial charge in [0.1, 0.15) is 12.2 Å². The topological polar surface area (TPSA) is 50.8 Å². The lowest BCUT2D eigenvalue weighted by Crippen LogP contribution is -2.36. The first-order valence-electron chi connectivity index (χ1n) is 7.25. The van der Waals surface area contributed by atoms with Crippen molar-refractivity contribution in [3.8, 4) is 0 Å². The predicted molar refractivity (Wildman–Crippen MR) is 70.8 cm³/mol. The number of hydrogen-bond acceptors (Lipinski definition) is 4. The van der Waals surface area contributed by atoms with Crippen LogP contribution in [-0.2, 0) is 14.3 Å². The molecule has 2 saturated heterocycles. The van der Waals surface area contributed by atoms with Gasteiger partial charge < -0.3 is 19.7 Å². The molecule has 0 radical (unpaired) electrons. The molecule has 3 atom stereocenters. The minimum Gasteiger partial charge on any atom is -0.377 e. The molecular weight excluding hydrogens is 244 g/mol. The molecule has 2 aliphatic heterocycles. The highest BCUT2D eigenvalue weighted by Crippen LogP contribution is 2.59. The van der Waals surface area contributed by atoms with Crippen LogP contribution in [0.5, 0.6) is 0 Å². The molecule has 0 aromatic rings. The van der Waals surface area contributed by atoms with Crippen LogP contribution in [0.25, 0.3) is 0 Å². The third kappa shape index (κ3) is 2.28. The van der Waals surface area contributed by atoms with Crippen LogP contribution in [0, 0.1) is 11.3 Å². The van der Waals surface area contributed by atoms with Crippen molar-refractivity contribution in [2.45, 2.75) is 31.5 Å². The zero-order valence-corrected chi connectivity index (χ0v) is 11.9. The molecule has 0 aromatic heterocycles. The molecule has 5 nitrogen and oxygen atoms in total. The normalized spacial score (nSPS) is 36.7. The van der Waals surface area contributed by atoms with Crippen LogP contribution in [0.3, 0.4) is 0 Å². The van der Waals surface area contributed by atoms with Gasteiger partial charge in [-0.2, -0.15) is 0 Å². The number of piperidine rings is 1. The highest BCUT2D eigenvalue weighted by Gasteiger charge is 2.59. The Morgan fingerprint density at radius 3 is 2.26 bits per heavy atom. The van der Waals surface area contributed by atoms with Gasteiger partial charge in [0.05, 0.1) is 0 Å². The Morgan fingerprint density at radius 1 is 1.16 bits per heavy atom. The summed E-state index contributed by atoms with van der Waals surface area (Å²) in [5.41, 5.74) is 0.316. The van der Waals surface area contributed by atoms with E-state index in [-0.39, 0.29) is 18.1 Å². The smallest absolute Gasteiger partial charge is 0.226 e. The second-order valence-corrected chi connectivity index (χ2v) is 6.16. The van der Waals surface area contributed by atoms with Crippen molar-refractivity contribution in [2.75, 3.05) is 40.4 Å². The van der Waals surface area contributed by atoms with E-state index >= 15 is 0 Å². The molecule has 19 heavy (non-hydrogen) atoms.